The van der Waals surface area contributed by atoms with E-state index in [-0.39, 0.29) is 5.97 Å². The first kappa shape index (κ1) is 29.8. The van der Waals surface area contributed by atoms with Gasteiger partial charge in [-0.2, -0.15) is 0 Å². The largest absolute Gasteiger partial charge is 0.494 e. The third kappa shape index (κ3) is 8.94. The maximum Gasteiger partial charge on any atom is 0.317 e. The molecule has 0 saturated heterocycles. The van der Waals surface area contributed by atoms with Gasteiger partial charge >= 0.3 is 5.97 Å². The van der Waals surface area contributed by atoms with Crippen LogP contribution in [-0.4, -0.2) is 12.6 Å². The molecule has 0 bridgehead atoms. The first-order chi connectivity index (χ1) is 18.7. The third-order valence-corrected chi connectivity index (χ3v) is 9.99. The van der Waals surface area contributed by atoms with Crippen molar-refractivity contribution >= 4 is 16.3 Å². The molecular formula is C34H46O3S. The molecule has 3 nitrogen and oxygen atoms in total. The molecule has 0 N–H and O–H groups in total. The van der Waals surface area contributed by atoms with E-state index in [4.69, 9.17) is 8.92 Å². The summed E-state index contributed by atoms with van der Waals surface area (Å²) in [5, 5.41) is 0. The van der Waals surface area contributed by atoms with Crippen molar-refractivity contribution < 1.29 is 13.7 Å². The molecule has 4 heteroatoms. The average Bonchev–Trinajstić information content (AvgIpc) is 2.96. The van der Waals surface area contributed by atoms with Crippen molar-refractivity contribution in [1.82, 2.24) is 0 Å². The first-order valence-corrected chi connectivity index (χ1v) is 16.1. The van der Waals surface area contributed by atoms with Crippen LogP contribution in [0.3, 0.4) is 0 Å². The highest BCUT2D eigenvalue weighted by Gasteiger charge is 2.35. The van der Waals surface area contributed by atoms with Crippen molar-refractivity contribution in [2.24, 2.45) is 0 Å². The van der Waals surface area contributed by atoms with E-state index in [0.717, 1.165) is 39.9 Å². The molecule has 3 aromatic rings. The molecule has 0 amide bonds. The van der Waals surface area contributed by atoms with Crippen molar-refractivity contribution in [3.05, 3.63) is 84.9 Å². The number of carbonyl (C=O) groups is 1. The zero-order chi connectivity index (χ0) is 26.9. The van der Waals surface area contributed by atoms with Gasteiger partial charge in [-0.25, -0.2) is 0 Å². The number of carbonyl (C=O) groups excluding carboxylic acids is 1. The maximum absolute atomic E-state index is 12.9. The quantitative estimate of drug-likeness (QED) is 0.152. The van der Waals surface area contributed by atoms with E-state index in [1.54, 1.807) is 0 Å². The summed E-state index contributed by atoms with van der Waals surface area (Å²) in [5.41, 5.74) is 0. The number of unbranched alkanes of at least 4 members (excludes halogenated alkanes) is 9. The van der Waals surface area contributed by atoms with E-state index in [2.05, 4.69) is 43.3 Å². The van der Waals surface area contributed by atoms with Crippen LogP contribution < -0.4 is 4.74 Å². The molecule has 0 atom stereocenters. The minimum absolute atomic E-state index is 0.170. The maximum atomic E-state index is 12.9. The van der Waals surface area contributed by atoms with Gasteiger partial charge in [0, 0.05) is 21.1 Å². The topological polar surface area (TPSA) is 35.5 Å². The Bertz CT molecular complexity index is 995. The highest BCUT2D eigenvalue weighted by molar-refractivity contribution is 8.30. The Morgan fingerprint density at radius 2 is 1.05 bits per heavy atom. The predicted molar refractivity (Wildman–Crippen MR) is 160 cm³/mol. The summed E-state index contributed by atoms with van der Waals surface area (Å²) in [4.78, 5) is 16.0. The van der Waals surface area contributed by atoms with Gasteiger partial charge in [0.25, 0.3) is 0 Å². The van der Waals surface area contributed by atoms with Crippen LogP contribution >= 0.6 is 10.3 Å². The van der Waals surface area contributed by atoms with E-state index in [1.807, 2.05) is 55.5 Å². The number of ether oxygens (including phenoxy) is 1. The Labute approximate surface area is 232 Å². The summed E-state index contributed by atoms with van der Waals surface area (Å²) in [6.07, 6.45) is 14.3. The molecule has 0 aliphatic heterocycles. The molecule has 0 unspecified atom stereocenters. The minimum atomic E-state index is -2.22. The highest BCUT2D eigenvalue weighted by Crippen LogP contribution is 2.69. The van der Waals surface area contributed by atoms with Crippen LogP contribution in [0.1, 0.15) is 90.9 Å². The minimum Gasteiger partial charge on any atom is -0.494 e. The summed E-state index contributed by atoms with van der Waals surface area (Å²) in [6, 6.07) is 28.5. The van der Waals surface area contributed by atoms with Gasteiger partial charge in [0.1, 0.15) is 5.75 Å². The molecule has 3 aromatic carbocycles. The molecule has 0 aliphatic carbocycles. The second-order valence-corrected chi connectivity index (χ2v) is 12.6. The lowest BCUT2D eigenvalue weighted by molar-refractivity contribution is -0.133. The third-order valence-electron chi connectivity index (χ3n) is 6.74. The fourth-order valence-electron chi connectivity index (χ4n) is 4.67. The SMILES string of the molecule is CCCCCCCCCCCCOc1ccc(S(OC(=O)CCC)(c2ccccc2)c2ccccc2)cc1. The summed E-state index contributed by atoms with van der Waals surface area (Å²) in [7, 11) is -2.22. The smallest absolute Gasteiger partial charge is 0.317 e. The van der Waals surface area contributed by atoms with E-state index >= 15 is 0 Å². The Kier molecular flexibility index (Phi) is 13.3. The summed E-state index contributed by atoms with van der Waals surface area (Å²) in [5.74, 6) is 0.690. The van der Waals surface area contributed by atoms with Crippen LogP contribution in [0.4, 0.5) is 0 Å². The lowest BCUT2D eigenvalue weighted by Crippen LogP contribution is -2.13. The molecule has 0 aromatic heterocycles. The van der Waals surface area contributed by atoms with Crippen LogP contribution in [0.25, 0.3) is 0 Å². The molecule has 0 heterocycles. The Hall–Kier alpha value is -2.72. The van der Waals surface area contributed by atoms with Crippen molar-refractivity contribution in [3.8, 4) is 5.75 Å². The normalized spacial score (nSPS) is 11.7. The van der Waals surface area contributed by atoms with Gasteiger partial charge in [-0.3, -0.25) is 4.79 Å². The molecule has 3 rings (SSSR count). The lowest BCUT2D eigenvalue weighted by atomic mass is 10.1. The van der Waals surface area contributed by atoms with Gasteiger partial charge in [-0.05, 0) is 71.7 Å². The zero-order valence-corrected chi connectivity index (χ0v) is 24.2. The number of rotatable bonds is 18. The van der Waals surface area contributed by atoms with E-state index in [0.29, 0.717) is 6.42 Å². The number of hydrogen-bond donors (Lipinski definition) is 0. The molecule has 0 aliphatic rings. The molecule has 0 spiro atoms. The van der Waals surface area contributed by atoms with Crippen LogP contribution in [0.5, 0.6) is 5.75 Å². The second-order valence-electron chi connectivity index (χ2n) is 9.89. The van der Waals surface area contributed by atoms with E-state index in [9.17, 15) is 4.79 Å². The Balaban J connectivity index is 1.65. The van der Waals surface area contributed by atoms with Gasteiger partial charge in [0.05, 0.1) is 6.61 Å². The molecule has 0 radical (unpaired) electrons. The predicted octanol–water partition coefficient (Wildman–Crippen LogP) is 10.5. The summed E-state index contributed by atoms with van der Waals surface area (Å²) >= 11 is 0. The zero-order valence-electron chi connectivity index (χ0n) is 23.4. The van der Waals surface area contributed by atoms with Crippen LogP contribution in [0, 0.1) is 0 Å². The van der Waals surface area contributed by atoms with Gasteiger partial charge in [0.15, 0.2) is 0 Å². The molecular weight excluding hydrogens is 488 g/mol. The van der Waals surface area contributed by atoms with Gasteiger partial charge in [-0.1, -0.05) is 108 Å². The molecule has 0 fully saturated rings. The van der Waals surface area contributed by atoms with Crippen LogP contribution in [0.15, 0.2) is 99.6 Å². The second kappa shape index (κ2) is 17.0. The van der Waals surface area contributed by atoms with Crippen molar-refractivity contribution in [3.63, 3.8) is 0 Å². The van der Waals surface area contributed by atoms with Gasteiger partial charge in [0.2, 0.25) is 0 Å². The standard InChI is InChI=1S/C34H46O3S/c1-3-5-6-7-8-9-10-11-12-19-29-36-30-25-27-33(28-26-30)38(37-34(35)20-4-2,31-21-15-13-16-22-31)32-23-17-14-18-24-32/h13-18,21-28H,3-12,19-20,29H2,1-2H3. The molecule has 206 valence electrons. The molecule has 0 saturated carbocycles. The molecule has 38 heavy (non-hydrogen) atoms. The van der Waals surface area contributed by atoms with Crippen LogP contribution in [-0.2, 0) is 8.98 Å². The monoisotopic (exact) mass is 534 g/mol. The lowest BCUT2D eigenvalue weighted by Gasteiger charge is -2.39. The Morgan fingerprint density at radius 1 is 0.579 bits per heavy atom. The summed E-state index contributed by atoms with van der Waals surface area (Å²) in [6.45, 7) is 5.01. The fraction of sp³-hybridized carbons (Fsp3) is 0.441. The Morgan fingerprint density at radius 3 is 1.55 bits per heavy atom. The summed E-state index contributed by atoms with van der Waals surface area (Å²) < 4.78 is 12.5. The van der Waals surface area contributed by atoms with Crippen molar-refractivity contribution in [2.75, 3.05) is 6.61 Å². The highest BCUT2D eigenvalue weighted by atomic mass is 32.3. The van der Waals surface area contributed by atoms with Gasteiger partial charge < -0.3 is 8.92 Å². The number of benzene rings is 3. The first-order valence-electron chi connectivity index (χ1n) is 14.6. The van der Waals surface area contributed by atoms with E-state index in [1.165, 1.54) is 57.8 Å². The van der Waals surface area contributed by atoms with Crippen molar-refractivity contribution in [2.45, 2.75) is 106 Å². The van der Waals surface area contributed by atoms with E-state index < -0.39 is 10.3 Å². The van der Waals surface area contributed by atoms with Crippen molar-refractivity contribution in [1.29, 1.82) is 0 Å². The van der Waals surface area contributed by atoms with Crippen LogP contribution in [0.2, 0.25) is 0 Å². The van der Waals surface area contributed by atoms with Gasteiger partial charge in [-0.15, -0.1) is 0 Å². The fourth-order valence-corrected chi connectivity index (χ4v) is 7.74. The number of hydrogen-bond acceptors (Lipinski definition) is 3. The average molecular weight is 535 g/mol.